The maximum atomic E-state index is 7.45. The molecular formula is C42H30N2O11+2. The molecule has 0 atom stereocenters. The second-order valence-electron chi connectivity index (χ2n) is 13.7. The van der Waals surface area contributed by atoms with Crippen LogP contribution < -0.4 is 61.2 Å². The highest BCUT2D eigenvalue weighted by Gasteiger charge is 2.38. The average Bonchev–Trinajstić information content (AvgIpc) is 4.04. The van der Waals surface area contributed by atoms with Crippen molar-refractivity contribution < 1.29 is 61.2 Å². The quantitative estimate of drug-likeness (QED) is 0.138. The van der Waals surface area contributed by atoms with Crippen molar-refractivity contribution in [3.05, 3.63) is 60.7 Å². The Hall–Kier alpha value is -7.02. The van der Waals surface area contributed by atoms with Gasteiger partial charge in [-0.3, -0.25) is 0 Å². The molecule has 4 aliphatic heterocycles. The van der Waals surface area contributed by atoms with Gasteiger partial charge in [0.15, 0.2) is 46.0 Å². The van der Waals surface area contributed by atoms with Gasteiger partial charge in [0, 0.05) is 12.1 Å². The number of hydrogen-bond donors (Lipinski definition) is 0. The fourth-order valence-corrected chi connectivity index (χ4v) is 8.69. The summed E-state index contributed by atoms with van der Waals surface area (Å²) in [4.78, 5) is 0. The molecule has 13 nitrogen and oxygen atoms in total. The van der Waals surface area contributed by atoms with Crippen LogP contribution in [0, 0.1) is 0 Å². The molecule has 55 heavy (non-hydrogen) atoms. The van der Waals surface area contributed by atoms with Crippen LogP contribution in [0.2, 0.25) is 0 Å². The van der Waals surface area contributed by atoms with E-state index in [1.54, 1.807) is 14.2 Å². The molecule has 6 aromatic carbocycles. The van der Waals surface area contributed by atoms with Crippen LogP contribution in [0.3, 0.4) is 0 Å². The van der Waals surface area contributed by atoms with Gasteiger partial charge in [0.05, 0.1) is 46.5 Å². The highest BCUT2D eigenvalue weighted by molar-refractivity contribution is 6.20. The molecule has 0 fully saturated rings. The molecule has 0 saturated carbocycles. The monoisotopic (exact) mass is 738 g/mol. The first-order valence-electron chi connectivity index (χ1n) is 17.6. The fourth-order valence-electron chi connectivity index (χ4n) is 8.69. The normalized spacial score (nSPS) is 14.7. The van der Waals surface area contributed by atoms with Gasteiger partial charge in [0.25, 0.3) is 0 Å². The van der Waals surface area contributed by atoms with Crippen molar-refractivity contribution in [1.82, 2.24) is 0 Å². The summed E-state index contributed by atoms with van der Waals surface area (Å²) in [6.45, 7) is 0.410. The van der Waals surface area contributed by atoms with Crippen LogP contribution in [0.4, 0.5) is 0 Å². The first kappa shape index (κ1) is 30.4. The summed E-state index contributed by atoms with van der Waals surface area (Å²) in [6, 6.07) is 20.1. The summed E-state index contributed by atoms with van der Waals surface area (Å²) < 4.78 is 71.4. The Morgan fingerprint density at radius 3 is 1.27 bits per heavy atom. The van der Waals surface area contributed by atoms with Crippen LogP contribution in [0.5, 0.6) is 69.3 Å². The molecule has 0 N–H and O–H groups in total. The van der Waals surface area contributed by atoms with E-state index in [1.165, 1.54) is 0 Å². The SMILES string of the molecule is COc1cc2c(c3c(Oc4c5c6c(cc(OC)c5c5ccc7cc8c(cc7c5[n+]4C)OCO8)OCO6)[n+](C)c4c5cc6c(cc5ccc4c13)OCO6)OCO2. The molecule has 0 bridgehead atoms. The zero-order valence-corrected chi connectivity index (χ0v) is 30.0. The molecule has 13 heteroatoms. The van der Waals surface area contributed by atoms with Crippen LogP contribution in [-0.2, 0) is 14.1 Å². The number of ether oxygens (including phenoxy) is 11. The van der Waals surface area contributed by atoms with Gasteiger partial charge in [0.2, 0.25) is 38.2 Å². The number of fused-ring (bicyclic) bond motifs is 16. The molecule has 272 valence electrons. The first-order valence-corrected chi connectivity index (χ1v) is 17.6. The van der Waals surface area contributed by atoms with Crippen molar-refractivity contribution in [2.24, 2.45) is 14.1 Å². The Morgan fingerprint density at radius 2 is 0.836 bits per heavy atom. The molecule has 6 heterocycles. The van der Waals surface area contributed by atoms with E-state index in [4.69, 9.17) is 52.1 Å². The molecule has 0 spiro atoms. The predicted octanol–water partition coefficient (Wildman–Crippen LogP) is 6.98. The van der Waals surface area contributed by atoms with E-state index in [9.17, 15) is 0 Å². The summed E-state index contributed by atoms with van der Waals surface area (Å²) in [5.41, 5.74) is 1.76. The van der Waals surface area contributed by atoms with Gasteiger partial charge in [-0.25, -0.2) is 0 Å². The summed E-state index contributed by atoms with van der Waals surface area (Å²) in [6.07, 6.45) is 0. The van der Waals surface area contributed by atoms with Crippen LogP contribution in [0.1, 0.15) is 0 Å². The van der Waals surface area contributed by atoms with Gasteiger partial charge in [-0.05, 0) is 47.2 Å². The Labute approximate surface area is 311 Å². The summed E-state index contributed by atoms with van der Waals surface area (Å²) in [5.74, 6) is 7.05. The number of methoxy groups -OCH3 is 2. The molecule has 4 aliphatic rings. The van der Waals surface area contributed by atoms with Gasteiger partial charge in [-0.2, -0.15) is 9.13 Å². The second-order valence-corrected chi connectivity index (χ2v) is 13.7. The van der Waals surface area contributed by atoms with E-state index in [-0.39, 0.29) is 27.2 Å². The number of pyridine rings is 2. The topological polar surface area (TPSA) is 109 Å². The number of nitrogens with zero attached hydrogens (tertiary/aromatic N) is 2. The van der Waals surface area contributed by atoms with Crippen LogP contribution in [0.15, 0.2) is 60.7 Å². The van der Waals surface area contributed by atoms with Gasteiger partial charge in [-0.15, -0.1) is 0 Å². The lowest BCUT2D eigenvalue weighted by Gasteiger charge is -2.17. The highest BCUT2D eigenvalue weighted by atomic mass is 16.7. The predicted molar refractivity (Wildman–Crippen MR) is 198 cm³/mol. The van der Waals surface area contributed by atoms with Gasteiger partial charge in [-0.1, -0.05) is 12.1 Å². The van der Waals surface area contributed by atoms with Crippen LogP contribution in [0.25, 0.3) is 64.9 Å². The molecule has 8 aromatic rings. The Kier molecular flexibility index (Phi) is 5.97. The standard InChI is InChI=1S/C42H30N2O11/c1-43-37-21(7-5-19-9-25-27(11-23(19)37)49-15-47-25)33-29(45-3)13-31-39(53-17-51-31)35(33)41(43)55-42-36-34(30(46-4)14-32-40(36)54-18-52-32)22-8-6-20-10-26-28(50-16-48-26)12-24(20)38(22)44(42)2/h5-14H,15-18H2,1-4H3/q+2. The minimum atomic E-state index is 0.0463. The van der Waals surface area contributed by atoms with Crippen LogP contribution >= 0.6 is 0 Å². The zero-order valence-electron chi connectivity index (χ0n) is 30.0. The lowest BCUT2D eigenvalue weighted by atomic mass is 9.98. The number of aryl methyl sites for hydroxylation is 2. The average molecular weight is 739 g/mol. The second kappa shape index (κ2) is 10.8. The zero-order chi connectivity index (χ0) is 36.7. The Bertz CT molecular complexity index is 2880. The third kappa shape index (κ3) is 3.96. The van der Waals surface area contributed by atoms with Gasteiger partial charge >= 0.3 is 11.8 Å². The summed E-state index contributed by atoms with van der Waals surface area (Å²) in [5, 5.41) is 8.58. The van der Waals surface area contributed by atoms with Crippen molar-refractivity contribution in [2.75, 3.05) is 41.4 Å². The number of benzene rings is 6. The van der Waals surface area contributed by atoms with E-state index in [1.807, 2.05) is 59.6 Å². The maximum Gasteiger partial charge on any atom is 0.390 e. The minimum absolute atomic E-state index is 0.0463. The molecule has 0 aliphatic carbocycles. The smallest absolute Gasteiger partial charge is 0.390 e. The molecular weight excluding hydrogens is 708 g/mol. The van der Waals surface area contributed by atoms with Crippen molar-refractivity contribution in [3.8, 4) is 69.3 Å². The lowest BCUT2D eigenvalue weighted by Crippen LogP contribution is -2.36. The van der Waals surface area contributed by atoms with Gasteiger partial charge < -0.3 is 52.1 Å². The lowest BCUT2D eigenvalue weighted by molar-refractivity contribution is -0.667. The molecule has 0 radical (unpaired) electrons. The van der Waals surface area contributed by atoms with E-state index < -0.39 is 0 Å². The van der Waals surface area contributed by atoms with Crippen molar-refractivity contribution in [2.45, 2.75) is 0 Å². The number of rotatable bonds is 4. The Balaban J connectivity index is 1.26. The van der Waals surface area contributed by atoms with Gasteiger partial charge in [0.1, 0.15) is 36.4 Å². The first-order chi connectivity index (χ1) is 27.0. The van der Waals surface area contributed by atoms with Crippen molar-refractivity contribution in [1.29, 1.82) is 0 Å². The number of hydrogen-bond acceptors (Lipinski definition) is 11. The molecule has 12 rings (SSSR count). The molecule has 2 aromatic heterocycles. The molecule has 0 amide bonds. The summed E-state index contributed by atoms with van der Waals surface area (Å²) in [7, 11) is 7.26. The Morgan fingerprint density at radius 1 is 0.436 bits per heavy atom. The van der Waals surface area contributed by atoms with E-state index >= 15 is 0 Å². The maximum absolute atomic E-state index is 7.45. The van der Waals surface area contributed by atoms with E-state index in [0.29, 0.717) is 80.0 Å². The largest absolute Gasteiger partial charge is 0.496 e. The molecule has 0 unspecified atom stereocenters. The highest BCUT2D eigenvalue weighted by Crippen LogP contribution is 2.54. The van der Waals surface area contributed by atoms with Crippen molar-refractivity contribution in [3.63, 3.8) is 0 Å². The molecule has 0 saturated heterocycles. The minimum Gasteiger partial charge on any atom is -0.496 e. The third-order valence-electron chi connectivity index (χ3n) is 11.1. The number of aromatic nitrogens is 2. The van der Waals surface area contributed by atoms with Crippen LogP contribution in [-0.4, -0.2) is 41.4 Å². The third-order valence-corrected chi connectivity index (χ3v) is 11.1. The summed E-state index contributed by atoms with van der Waals surface area (Å²) >= 11 is 0. The van der Waals surface area contributed by atoms with Crippen molar-refractivity contribution >= 4 is 64.9 Å². The van der Waals surface area contributed by atoms with E-state index in [0.717, 1.165) is 54.1 Å². The fraction of sp³-hybridized carbons (Fsp3) is 0.190. The van der Waals surface area contributed by atoms with E-state index in [2.05, 4.69) is 24.3 Å².